The number of rotatable bonds is 3. The first-order chi connectivity index (χ1) is 7.96. The first-order valence-electron chi connectivity index (χ1n) is 6.12. The summed E-state index contributed by atoms with van der Waals surface area (Å²) in [5, 5.41) is 16.6. The zero-order valence-electron chi connectivity index (χ0n) is 10.7. The maximum Gasteiger partial charge on any atom is 0.129 e. The lowest BCUT2D eigenvalue weighted by molar-refractivity contribution is 0.159. The number of β-amino-alcohol motifs (C(OH)–C–C–N with tert-alkyl or cyclic N) is 1. The van der Waals surface area contributed by atoms with Gasteiger partial charge in [0.05, 0.1) is 5.69 Å². The SMILES string of the molecule is CC(C)(C)NC[C@H](O)c1ccc2c(n1)NCC2. The van der Waals surface area contributed by atoms with Gasteiger partial charge in [-0.2, -0.15) is 0 Å². The first-order valence-corrected chi connectivity index (χ1v) is 6.12. The summed E-state index contributed by atoms with van der Waals surface area (Å²) in [5.74, 6) is 0.928. The number of anilines is 1. The van der Waals surface area contributed by atoms with E-state index in [4.69, 9.17) is 0 Å². The molecule has 0 amide bonds. The van der Waals surface area contributed by atoms with Crippen LogP contribution in [0.2, 0.25) is 0 Å². The molecule has 2 rings (SSSR count). The van der Waals surface area contributed by atoms with Gasteiger partial charge in [-0.15, -0.1) is 0 Å². The van der Waals surface area contributed by atoms with Gasteiger partial charge >= 0.3 is 0 Å². The number of hydrogen-bond acceptors (Lipinski definition) is 4. The highest BCUT2D eigenvalue weighted by molar-refractivity contribution is 5.49. The summed E-state index contributed by atoms with van der Waals surface area (Å²) < 4.78 is 0. The van der Waals surface area contributed by atoms with Gasteiger partial charge in [-0.3, -0.25) is 0 Å². The molecule has 4 heteroatoms. The van der Waals surface area contributed by atoms with Crippen molar-refractivity contribution in [2.75, 3.05) is 18.4 Å². The van der Waals surface area contributed by atoms with E-state index in [1.54, 1.807) is 0 Å². The van der Waals surface area contributed by atoms with E-state index < -0.39 is 6.10 Å². The zero-order chi connectivity index (χ0) is 12.5. The monoisotopic (exact) mass is 235 g/mol. The molecule has 0 saturated heterocycles. The molecule has 94 valence electrons. The Morgan fingerprint density at radius 2 is 2.24 bits per heavy atom. The number of aliphatic hydroxyl groups excluding tert-OH is 1. The normalized spacial score (nSPS) is 16.5. The standard InChI is InChI=1S/C13H21N3O/c1-13(2,3)15-8-11(17)10-5-4-9-6-7-14-12(9)16-10/h4-5,11,15,17H,6-8H2,1-3H3,(H,14,16)/t11-/m0/s1. The molecule has 1 aromatic heterocycles. The fourth-order valence-electron chi connectivity index (χ4n) is 1.87. The largest absolute Gasteiger partial charge is 0.385 e. The Labute approximate surface area is 102 Å². The molecular weight excluding hydrogens is 214 g/mol. The van der Waals surface area contributed by atoms with Crippen molar-refractivity contribution >= 4 is 5.82 Å². The van der Waals surface area contributed by atoms with Crippen LogP contribution in [0.5, 0.6) is 0 Å². The summed E-state index contributed by atoms with van der Waals surface area (Å²) in [6, 6.07) is 3.97. The fraction of sp³-hybridized carbons (Fsp3) is 0.615. The average Bonchev–Trinajstić information content (AvgIpc) is 2.71. The Kier molecular flexibility index (Phi) is 3.35. The summed E-state index contributed by atoms with van der Waals surface area (Å²) in [6.07, 6.45) is 0.473. The topological polar surface area (TPSA) is 57.2 Å². The number of nitrogens with zero attached hydrogens (tertiary/aromatic N) is 1. The summed E-state index contributed by atoms with van der Waals surface area (Å²) in [5.41, 5.74) is 1.98. The third-order valence-electron chi connectivity index (χ3n) is 2.85. The molecule has 1 atom stereocenters. The number of aliphatic hydroxyl groups is 1. The Hall–Kier alpha value is -1.13. The third-order valence-corrected chi connectivity index (χ3v) is 2.85. The Morgan fingerprint density at radius 1 is 1.47 bits per heavy atom. The molecule has 1 aliphatic heterocycles. The van der Waals surface area contributed by atoms with Crippen LogP contribution in [0.1, 0.15) is 38.1 Å². The van der Waals surface area contributed by atoms with Crippen LogP contribution in [0.4, 0.5) is 5.82 Å². The lowest BCUT2D eigenvalue weighted by atomic mass is 10.1. The van der Waals surface area contributed by atoms with Gasteiger partial charge in [-0.25, -0.2) is 4.98 Å². The van der Waals surface area contributed by atoms with Gasteiger partial charge in [-0.05, 0) is 38.8 Å². The second kappa shape index (κ2) is 4.63. The van der Waals surface area contributed by atoms with E-state index >= 15 is 0 Å². The minimum Gasteiger partial charge on any atom is -0.385 e. The predicted molar refractivity (Wildman–Crippen MR) is 69.1 cm³/mol. The number of hydrogen-bond donors (Lipinski definition) is 3. The van der Waals surface area contributed by atoms with Gasteiger partial charge in [-0.1, -0.05) is 6.07 Å². The molecule has 0 spiro atoms. The molecule has 0 unspecified atom stereocenters. The van der Waals surface area contributed by atoms with Gasteiger partial charge in [0.1, 0.15) is 11.9 Å². The van der Waals surface area contributed by atoms with Crippen molar-refractivity contribution in [1.29, 1.82) is 0 Å². The van der Waals surface area contributed by atoms with Crippen molar-refractivity contribution in [2.24, 2.45) is 0 Å². The van der Waals surface area contributed by atoms with Crippen LogP contribution in [0.25, 0.3) is 0 Å². The van der Waals surface area contributed by atoms with Crippen LogP contribution in [0, 0.1) is 0 Å². The average molecular weight is 235 g/mol. The smallest absolute Gasteiger partial charge is 0.129 e. The van der Waals surface area contributed by atoms with Crippen LogP contribution >= 0.6 is 0 Å². The lowest BCUT2D eigenvalue weighted by Crippen LogP contribution is -2.38. The van der Waals surface area contributed by atoms with E-state index in [0.717, 1.165) is 24.5 Å². The molecule has 0 radical (unpaired) electrons. The Bertz CT molecular complexity index is 398. The van der Waals surface area contributed by atoms with Crippen molar-refractivity contribution in [1.82, 2.24) is 10.3 Å². The minimum atomic E-state index is -0.554. The predicted octanol–water partition coefficient (Wildman–Crippen LogP) is 1.47. The molecule has 17 heavy (non-hydrogen) atoms. The Balaban J connectivity index is 2.02. The number of nitrogens with one attached hydrogen (secondary N) is 2. The van der Waals surface area contributed by atoms with E-state index in [9.17, 15) is 5.11 Å². The van der Waals surface area contributed by atoms with E-state index in [1.807, 2.05) is 6.07 Å². The highest BCUT2D eigenvalue weighted by Crippen LogP contribution is 2.22. The molecule has 3 N–H and O–H groups in total. The number of aromatic nitrogens is 1. The van der Waals surface area contributed by atoms with Gasteiger partial charge in [0.15, 0.2) is 0 Å². The van der Waals surface area contributed by atoms with Gasteiger partial charge < -0.3 is 15.7 Å². The molecule has 0 fully saturated rings. The second-order valence-electron chi connectivity index (χ2n) is 5.57. The van der Waals surface area contributed by atoms with Gasteiger partial charge in [0.25, 0.3) is 0 Å². The summed E-state index contributed by atoms with van der Waals surface area (Å²) in [6.45, 7) is 7.71. The van der Waals surface area contributed by atoms with Crippen LogP contribution in [-0.2, 0) is 6.42 Å². The summed E-state index contributed by atoms with van der Waals surface area (Å²) >= 11 is 0. The quantitative estimate of drug-likeness (QED) is 0.742. The highest BCUT2D eigenvalue weighted by atomic mass is 16.3. The van der Waals surface area contributed by atoms with E-state index in [-0.39, 0.29) is 5.54 Å². The Morgan fingerprint density at radius 3 is 2.94 bits per heavy atom. The molecule has 0 saturated carbocycles. The van der Waals surface area contributed by atoms with Crippen LogP contribution in [-0.4, -0.2) is 28.7 Å². The van der Waals surface area contributed by atoms with Crippen molar-refractivity contribution < 1.29 is 5.11 Å². The van der Waals surface area contributed by atoms with E-state index in [0.29, 0.717) is 6.54 Å². The van der Waals surface area contributed by atoms with Crippen LogP contribution < -0.4 is 10.6 Å². The minimum absolute atomic E-state index is 0.00988. The number of pyridine rings is 1. The summed E-state index contributed by atoms with van der Waals surface area (Å²) in [4.78, 5) is 4.45. The first kappa shape index (κ1) is 12.3. The molecule has 2 heterocycles. The fourth-order valence-corrected chi connectivity index (χ4v) is 1.87. The molecule has 1 aliphatic rings. The zero-order valence-corrected chi connectivity index (χ0v) is 10.7. The highest BCUT2D eigenvalue weighted by Gasteiger charge is 2.17. The molecule has 0 aromatic carbocycles. The number of fused-ring (bicyclic) bond motifs is 1. The molecule has 4 nitrogen and oxygen atoms in total. The maximum absolute atomic E-state index is 10.1. The molecule has 0 aliphatic carbocycles. The van der Waals surface area contributed by atoms with E-state index in [2.05, 4.69) is 42.5 Å². The third kappa shape index (κ3) is 3.17. The maximum atomic E-state index is 10.1. The molecule has 1 aromatic rings. The van der Waals surface area contributed by atoms with Crippen molar-refractivity contribution in [3.8, 4) is 0 Å². The van der Waals surface area contributed by atoms with E-state index in [1.165, 1.54) is 5.56 Å². The van der Waals surface area contributed by atoms with Crippen LogP contribution in [0.3, 0.4) is 0 Å². The second-order valence-corrected chi connectivity index (χ2v) is 5.57. The summed E-state index contributed by atoms with van der Waals surface area (Å²) in [7, 11) is 0. The van der Waals surface area contributed by atoms with Crippen molar-refractivity contribution in [2.45, 2.75) is 38.8 Å². The van der Waals surface area contributed by atoms with Gasteiger partial charge in [0.2, 0.25) is 0 Å². The van der Waals surface area contributed by atoms with Crippen LogP contribution in [0.15, 0.2) is 12.1 Å². The van der Waals surface area contributed by atoms with Crippen molar-refractivity contribution in [3.63, 3.8) is 0 Å². The lowest BCUT2D eigenvalue weighted by Gasteiger charge is -2.22. The van der Waals surface area contributed by atoms with Crippen molar-refractivity contribution in [3.05, 3.63) is 23.4 Å². The molecule has 0 bridgehead atoms. The van der Waals surface area contributed by atoms with Gasteiger partial charge in [0, 0.05) is 18.6 Å². The molecular formula is C13H21N3O.